The van der Waals surface area contributed by atoms with Crippen LogP contribution >= 0.6 is 8.03 Å². The van der Waals surface area contributed by atoms with Crippen molar-refractivity contribution in [2.24, 2.45) is 0 Å². The lowest BCUT2D eigenvalue weighted by molar-refractivity contribution is 0.161. The topological polar surface area (TPSA) is 26.3 Å². The van der Waals surface area contributed by atoms with Crippen LogP contribution in [0.4, 0.5) is 0 Å². The van der Waals surface area contributed by atoms with E-state index in [1.807, 2.05) is 0 Å². The van der Waals surface area contributed by atoms with Crippen molar-refractivity contribution in [1.82, 2.24) is 0 Å². The summed E-state index contributed by atoms with van der Waals surface area (Å²) in [6.07, 6.45) is 12.5. The second kappa shape index (κ2) is 7.83. The molecule has 0 N–H and O–H groups in total. The monoisotopic (exact) mass is 259 g/mol. The summed E-state index contributed by atoms with van der Waals surface area (Å²) >= 11 is 0. The van der Waals surface area contributed by atoms with E-state index in [1.165, 1.54) is 38.5 Å². The highest BCUT2D eigenvalue weighted by atomic mass is 31.1. The molecular weight excluding hydrogens is 234 g/mol. The van der Waals surface area contributed by atoms with Gasteiger partial charge in [0.25, 0.3) is 0 Å². The minimum atomic E-state index is -1.37. The standard InChI is InChI=1S/C12H22O2P.Al.3H/c13-15(12-9-5-2-6-10-12)14-11-7-3-1-4-8-11;;;;/h11-12H,1-10H2;;;;/q+1;;;;. The summed E-state index contributed by atoms with van der Waals surface area (Å²) in [5.41, 5.74) is 0.371. The molecule has 0 amide bonds. The fraction of sp³-hybridized carbons (Fsp3) is 1.00. The van der Waals surface area contributed by atoms with E-state index < -0.39 is 8.03 Å². The molecule has 2 aliphatic rings. The molecule has 92 valence electrons. The van der Waals surface area contributed by atoms with Crippen LogP contribution in [0.3, 0.4) is 0 Å². The maximum Gasteiger partial charge on any atom is 0.511 e. The zero-order valence-electron chi connectivity index (χ0n) is 9.49. The Balaban J connectivity index is 0.00000128. The minimum absolute atomic E-state index is 0. The summed E-state index contributed by atoms with van der Waals surface area (Å²) in [5, 5.41) is 0. The minimum Gasteiger partial charge on any atom is -0.143 e. The van der Waals surface area contributed by atoms with Gasteiger partial charge in [0.1, 0.15) is 6.10 Å². The largest absolute Gasteiger partial charge is 0.511 e. The van der Waals surface area contributed by atoms with E-state index in [2.05, 4.69) is 0 Å². The van der Waals surface area contributed by atoms with Gasteiger partial charge in [-0.05, 0) is 43.1 Å². The van der Waals surface area contributed by atoms with Gasteiger partial charge in [-0.1, -0.05) is 25.7 Å². The molecule has 1 atom stereocenters. The first-order chi connectivity index (χ1) is 7.36. The molecule has 4 heteroatoms. The van der Waals surface area contributed by atoms with Gasteiger partial charge in [0, 0.05) is 0 Å². The molecule has 0 aromatic rings. The van der Waals surface area contributed by atoms with E-state index in [-0.39, 0.29) is 17.4 Å². The van der Waals surface area contributed by atoms with Crippen LogP contribution in [0, 0.1) is 0 Å². The molecule has 0 bridgehead atoms. The van der Waals surface area contributed by atoms with Crippen molar-refractivity contribution in [2.45, 2.75) is 76.0 Å². The van der Waals surface area contributed by atoms with Crippen LogP contribution in [0.1, 0.15) is 64.2 Å². The van der Waals surface area contributed by atoms with Crippen LogP contribution in [0.2, 0.25) is 0 Å². The van der Waals surface area contributed by atoms with Crippen molar-refractivity contribution in [3.05, 3.63) is 0 Å². The lowest BCUT2D eigenvalue weighted by Gasteiger charge is -2.18. The van der Waals surface area contributed by atoms with Gasteiger partial charge in [0.15, 0.2) is 23.0 Å². The summed E-state index contributed by atoms with van der Waals surface area (Å²) in [7, 11) is -1.37. The van der Waals surface area contributed by atoms with Crippen molar-refractivity contribution in [1.29, 1.82) is 0 Å². The van der Waals surface area contributed by atoms with E-state index >= 15 is 0 Å². The fourth-order valence-corrected chi connectivity index (χ4v) is 4.16. The Morgan fingerprint density at radius 1 is 0.812 bits per heavy atom. The first kappa shape index (κ1) is 14.7. The number of rotatable bonds is 3. The lowest BCUT2D eigenvalue weighted by Crippen LogP contribution is -2.16. The SMILES string of the molecule is O=[P+](OC1CCCCC1)C1CCCCC1.[AlH3]. The van der Waals surface area contributed by atoms with Gasteiger partial charge in [-0.3, -0.25) is 0 Å². The second-order valence-corrected chi connectivity index (χ2v) is 6.45. The van der Waals surface area contributed by atoms with Gasteiger partial charge < -0.3 is 0 Å². The zero-order chi connectivity index (χ0) is 10.5. The molecule has 0 aliphatic heterocycles. The molecule has 0 radical (unpaired) electrons. The third-order valence-electron chi connectivity index (χ3n) is 3.68. The highest BCUT2D eigenvalue weighted by Gasteiger charge is 2.36. The Kier molecular flexibility index (Phi) is 7.17. The van der Waals surface area contributed by atoms with Gasteiger partial charge in [0.2, 0.25) is 0 Å². The van der Waals surface area contributed by atoms with Crippen molar-refractivity contribution in [3.8, 4) is 0 Å². The van der Waals surface area contributed by atoms with Crippen molar-refractivity contribution < 1.29 is 9.09 Å². The van der Waals surface area contributed by atoms with Gasteiger partial charge >= 0.3 is 8.03 Å². The third-order valence-corrected chi connectivity index (χ3v) is 5.30. The van der Waals surface area contributed by atoms with E-state index in [0.717, 1.165) is 25.7 Å². The lowest BCUT2D eigenvalue weighted by atomic mass is 9.98. The van der Waals surface area contributed by atoms with Crippen molar-refractivity contribution in [2.75, 3.05) is 0 Å². The summed E-state index contributed by atoms with van der Waals surface area (Å²) in [6.45, 7) is 0. The quantitative estimate of drug-likeness (QED) is 0.574. The second-order valence-electron chi connectivity index (χ2n) is 4.94. The molecule has 0 aromatic carbocycles. The fourth-order valence-electron chi connectivity index (χ4n) is 2.70. The molecule has 2 rings (SSSR count). The molecule has 0 spiro atoms. The normalized spacial score (nSPS) is 24.9. The maximum atomic E-state index is 12.0. The van der Waals surface area contributed by atoms with E-state index in [0.29, 0.717) is 11.8 Å². The van der Waals surface area contributed by atoms with Crippen LogP contribution in [0.15, 0.2) is 0 Å². The highest BCUT2D eigenvalue weighted by Crippen LogP contribution is 2.42. The van der Waals surface area contributed by atoms with Crippen LogP contribution < -0.4 is 0 Å². The molecular formula is C12H25AlO2P+. The smallest absolute Gasteiger partial charge is 0.143 e. The number of hydrogen-bond acceptors (Lipinski definition) is 2. The third kappa shape index (κ3) is 4.46. The molecule has 0 aromatic heterocycles. The van der Waals surface area contributed by atoms with Crippen LogP contribution in [0.5, 0.6) is 0 Å². The van der Waals surface area contributed by atoms with Crippen LogP contribution in [-0.2, 0) is 9.09 Å². The highest BCUT2D eigenvalue weighted by molar-refractivity contribution is 7.40. The van der Waals surface area contributed by atoms with Gasteiger partial charge in [-0.25, -0.2) is 0 Å². The average molecular weight is 259 g/mol. The van der Waals surface area contributed by atoms with Gasteiger partial charge in [-0.2, -0.15) is 0 Å². The molecule has 0 saturated heterocycles. The van der Waals surface area contributed by atoms with Crippen LogP contribution in [0.25, 0.3) is 0 Å². The average Bonchev–Trinajstić information content (AvgIpc) is 2.31. The predicted molar refractivity (Wildman–Crippen MR) is 72.4 cm³/mol. The van der Waals surface area contributed by atoms with E-state index in [4.69, 9.17) is 4.52 Å². The summed E-state index contributed by atoms with van der Waals surface area (Å²) in [5.74, 6) is 0. The Labute approximate surface area is 111 Å². The van der Waals surface area contributed by atoms with Gasteiger partial charge in [-0.15, -0.1) is 4.52 Å². The van der Waals surface area contributed by atoms with Crippen molar-refractivity contribution in [3.63, 3.8) is 0 Å². The Hall–Kier alpha value is 0.592. The van der Waals surface area contributed by atoms with Crippen molar-refractivity contribution >= 4 is 25.4 Å². The van der Waals surface area contributed by atoms with Gasteiger partial charge in [0.05, 0.1) is 0 Å². The predicted octanol–water partition coefficient (Wildman–Crippen LogP) is 3.23. The summed E-state index contributed by atoms with van der Waals surface area (Å²) in [4.78, 5) is 0. The summed E-state index contributed by atoms with van der Waals surface area (Å²) in [6, 6.07) is 0. The molecule has 16 heavy (non-hydrogen) atoms. The first-order valence-corrected chi connectivity index (χ1v) is 7.74. The Bertz CT molecular complexity index is 211. The molecule has 2 fully saturated rings. The maximum absolute atomic E-state index is 12.0. The Morgan fingerprint density at radius 3 is 1.88 bits per heavy atom. The van der Waals surface area contributed by atoms with Crippen LogP contribution in [-0.4, -0.2) is 29.1 Å². The van der Waals surface area contributed by atoms with E-state index in [9.17, 15) is 4.57 Å². The molecule has 2 saturated carbocycles. The zero-order valence-corrected chi connectivity index (χ0v) is 10.4. The number of hydrogen-bond donors (Lipinski definition) is 0. The molecule has 0 heterocycles. The molecule has 2 nitrogen and oxygen atoms in total. The Morgan fingerprint density at radius 2 is 1.31 bits per heavy atom. The molecule has 2 aliphatic carbocycles. The van der Waals surface area contributed by atoms with E-state index in [1.54, 1.807) is 0 Å². The summed E-state index contributed by atoms with van der Waals surface area (Å²) < 4.78 is 17.7. The first-order valence-electron chi connectivity index (χ1n) is 6.49. The molecule has 1 unspecified atom stereocenters.